The molecule has 0 spiro atoms. The first-order chi connectivity index (χ1) is 12.6. The Morgan fingerprint density at radius 1 is 1.22 bits per heavy atom. The van der Waals surface area contributed by atoms with Gasteiger partial charge < -0.3 is 17.7 Å². The molecular weight excluding hydrogens is 388 g/mol. The van der Waals surface area contributed by atoms with Crippen molar-refractivity contribution in [2.75, 3.05) is 5.32 Å². The molecule has 1 aliphatic heterocycles. The predicted octanol–water partition coefficient (Wildman–Crippen LogP) is 0.824. The van der Waals surface area contributed by atoms with Crippen molar-refractivity contribution in [3.8, 4) is 11.3 Å². The quantitative estimate of drug-likeness (QED) is 0.641. The van der Waals surface area contributed by atoms with E-state index in [0.717, 1.165) is 36.5 Å². The largest absolute Gasteiger partial charge is 1.00 e. The first-order valence-corrected chi connectivity index (χ1v) is 8.91. The summed E-state index contributed by atoms with van der Waals surface area (Å²) in [6.07, 6.45) is 3.94. The molecule has 0 radical (unpaired) electrons. The van der Waals surface area contributed by atoms with Gasteiger partial charge in [-0.3, -0.25) is 4.79 Å². The molecule has 0 atom stereocenters. The third kappa shape index (κ3) is 4.15. The lowest BCUT2D eigenvalue weighted by atomic mass is 10.1. The zero-order valence-corrected chi connectivity index (χ0v) is 16.0. The van der Waals surface area contributed by atoms with Crippen LogP contribution in [0.25, 0.3) is 11.3 Å². The van der Waals surface area contributed by atoms with E-state index in [2.05, 4.69) is 9.88 Å². The normalized spacial score (nSPS) is 12.4. The van der Waals surface area contributed by atoms with Gasteiger partial charge in [-0.2, -0.15) is 0 Å². The van der Waals surface area contributed by atoms with Crippen LogP contribution in [0, 0.1) is 5.82 Å². The molecule has 0 unspecified atom stereocenters. The molecule has 7 heteroatoms. The van der Waals surface area contributed by atoms with Crippen LogP contribution in [-0.4, -0.2) is 10.5 Å². The van der Waals surface area contributed by atoms with Gasteiger partial charge in [0.1, 0.15) is 12.0 Å². The van der Waals surface area contributed by atoms with E-state index in [1.807, 2.05) is 16.8 Å². The van der Waals surface area contributed by atoms with E-state index < -0.39 is 0 Å². The molecule has 1 N–H and O–H groups in total. The highest BCUT2D eigenvalue weighted by Crippen LogP contribution is 2.25. The number of rotatable bonds is 4. The van der Waals surface area contributed by atoms with Crippen LogP contribution in [-0.2, 0) is 24.3 Å². The van der Waals surface area contributed by atoms with Crippen LogP contribution < -0.4 is 22.3 Å². The van der Waals surface area contributed by atoms with E-state index in [-0.39, 0.29) is 30.7 Å². The molecular formula is C20H18Cl2FN3O. The van der Waals surface area contributed by atoms with E-state index in [0.29, 0.717) is 10.7 Å². The van der Waals surface area contributed by atoms with E-state index in [4.69, 9.17) is 11.6 Å². The van der Waals surface area contributed by atoms with Crippen LogP contribution in [0.15, 0.2) is 54.7 Å². The number of halogens is 3. The Balaban J connectivity index is 0.00000210. The molecule has 4 nitrogen and oxygen atoms in total. The minimum Gasteiger partial charge on any atom is -1.00 e. The molecule has 0 saturated carbocycles. The minimum atomic E-state index is -0.254. The van der Waals surface area contributed by atoms with Crippen molar-refractivity contribution in [3.63, 3.8) is 0 Å². The third-order valence-corrected chi connectivity index (χ3v) is 4.79. The molecule has 0 bridgehead atoms. The minimum absolute atomic E-state index is 0. The van der Waals surface area contributed by atoms with Crippen molar-refractivity contribution in [1.29, 1.82) is 0 Å². The summed E-state index contributed by atoms with van der Waals surface area (Å²) in [5, 5.41) is 3.46. The van der Waals surface area contributed by atoms with E-state index >= 15 is 0 Å². The fourth-order valence-corrected chi connectivity index (χ4v) is 3.61. The average molecular weight is 406 g/mol. The number of nitrogens with one attached hydrogen (secondary N) is 1. The highest BCUT2D eigenvalue weighted by molar-refractivity contribution is 6.30. The van der Waals surface area contributed by atoms with Crippen molar-refractivity contribution in [1.82, 2.24) is 4.57 Å². The fraction of sp³-hybridized carbons (Fsp3) is 0.200. The van der Waals surface area contributed by atoms with Crippen molar-refractivity contribution in [2.45, 2.75) is 25.9 Å². The standard InChI is InChI=1S/C20H17ClFN3O.ClH/c21-15-3-1-4-17(11-15)23-19(26)13-24-12-18(25-10-2-5-20(24)25)14-6-8-16(22)9-7-14;/h1,3-4,6-9,11-12H,2,5,10,13H2;1H. The van der Waals surface area contributed by atoms with Crippen LogP contribution in [0.5, 0.6) is 0 Å². The summed E-state index contributed by atoms with van der Waals surface area (Å²) in [7, 11) is 0. The molecule has 1 amide bonds. The third-order valence-electron chi connectivity index (χ3n) is 4.56. The van der Waals surface area contributed by atoms with Crippen LogP contribution >= 0.6 is 11.6 Å². The van der Waals surface area contributed by atoms with Gasteiger partial charge in [-0.05, 0) is 48.9 Å². The zero-order valence-electron chi connectivity index (χ0n) is 14.5. The number of hydrogen-bond acceptors (Lipinski definition) is 1. The molecule has 3 aromatic rings. The molecule has 2 aromatic carbocycles. The molecule has 4 rings (SSSR count). The molecule has 1 aromatic heterocycles. The lowest BCUT2D eigenvalue weighted by Crippen LogP contribution is -3.00. The van der Waals surface area contributed by atoms with Gasteiger partial charge in [0.15, 0.2) is 12.2 Å². The van der Waals surface area contributed by atoms with Crippen LogP contribution in [0.1, 0.15) is 12.2 Å². The predicted molar refractivity (Wildman–Crippen MR) is 98.4 cm³/mol. The molecule has 140 valence electrons. The smallest absolute Gasteiger partial charge is 0.266 e. The van der Waals surface area contributed by atoms with Crippen LogP contribution in [0.3, 0.4) is 0 Å². The van der Waals surface area contributed by atoms with Gasteiger partial charge >= 0.3 is 0 Å². The van der Waals surface area contributed by atoms with E-state index in [1.165, 1.54) is 12.1 Å². The maximum Gasteiger partial charge on any atom is 0.266 e. The summed E-state index contributed by atoms with van der Waals surface area (Å²) < 4.78 is 17.4. The summed E-state index contributed by atoms with van der Waals surface area (Å²) in [4.78, 5) is 12.4. The summed E-state index contributed by atoms with van der Waals surface area (Å²) in [5.41, 5.74) is 2.63. The van der Waals surface area contributed by atoms with Crippen molar-refractivity contribution in [3.05, 3.63) is 71.4 Å². The first kappa shape index (κ1) is 19.4. The number of amides is 1. The van der Waals surface area contributed by atoms with Crippen molar-refractivity contribution in [2.24, 2.45) is 0 Å². The van der Waals surface area contributed by atoms with Crippen LogP contribution in [0.2, 0.25) is 5.02 Å². The topological polar surface area (TPSA) is 37.9 Å². The van der Waals surface area contributed by atoms with Gasteiger partial charge in [-0.25, -0.2) is 13.5 Å². The molecule has 27 heavy (non-hydrogen) atoms. The summed E-state index contributed by atoms with van der Waals surface area (Å²) in [5.74, 6) is 0.754. The summed E-state index contributed by atoms with van der Waals surface area (Å²) in [6, 6.07) is 13.6. The Morgan fingerprint density at radius 2 is 2.00 bits per heavy atom. The highest BCUT2D eigenvalue weighted by Gasteiger charge is 2.29. The molecule has 1 aliphatic rings. The average Bonchev–Trinajstić information content (AvgIpc) is 3.20. The van der Waals surface area contributed by atoms with Crippen molar-refractivity contribution >= 4 is 23.2 Å². The number of carbonyl (C=O) groups excluding carboxylic acids is 1. The number of nitrogens with zero attached hydrogens (tertiary/aromatic N) is 2. The van der Waals surface area contributed by atoms with Crippen LogP contribution in [0.4, 0.5) is 10.1 Å². The Morgan fingerprint density at radius 3 is 2.74 bits per heavy atom. The van der Waals surface area contributed by atoms with Gasteiger partial charge in [0.25, 0.3) is 11.7 Å². The Hall–Kier alpha value is -2.37. The number of benzene rings is 2. The zero-order chi connectivity index (χ0) is 18.1. The molecule has 0 fully saturated rings. The Bertz CT molecular complexity index is 970. The van der Waals surface area contributed by atoms with E-state index in [9.17, 15) is 9.18 Å². The fourth-order valence-electron chi connectivity index (χ4n) is 3.42. The van der Waals surface area contributed by atoms with E-state index in [1.54, 1.807) is 30.3 Å². The maximum atomic E-state index is 13.2. The number of hydrogen-bond donors (Lipinski definition) is 1. The molecule has 0 saturated heterocycles. The first-order valence-electron chi connectivity index (χ1n) is 8.53. The SMILES string of the molecule is O=C(C[n+]1cc(-c2ccc(F)cc2)n2c1CCC2)Nc1cccc(Cl)c1.[Cl-]. The molecule has 0 aliphatic carbocycles. The lowest BCUT2D eigenvalue weighted by molar-refractivity contribution is -0.690. The summed E-state index contributed by atoms with van der Waals surface area (Å²) in [6.45, 7) is 1.13. The lowest BCUT2D eigenvalue weighted by Gasteiger charge is -2.04. The monoisotopic (exact) mass is 405 g/mol. The van der Waals surface area contributed by atoms with Gasteiger partial charge in [-0.15, -0.1) is 0 Å². The Kier molecular flexibility index (Phi) is 5.82. The molecule has 2 heterocycles. The summed E-state index contributed by atoms with van der Waals surface area (Å²) >= 11 is 5.96. The maximum absolute atomic E-state index is 13.2. The number of anilines is 1. The second-order valence-electron chi connectivity index (χ2n) is 6.38. The number of aromatic nitrogens is 2. The van der Waals surface area contributed by atoms with Gasteiger partial charge in [0, 0.05) is 16.3 Å². The van der Waals surface area contributed by atoms with Gasteiger partial charge in [0.2, 0.25) is 0 Å². The highest BCUT2D eigenvalue weighted by atomic mass is 35.5. The second kappa shape index (κ2) is 8.11. The number of carbonyl (C=O) groups is 1. The van der Waals surface area contributed by atoms with Gasteiger partial charge in [-0.1, -0.05) is 17.7 Å². The van der Waals surface area contributed by atoms with Crippen molar-refractivity contribution < 1.29 is 26.2 Å². The Labute approximate surface area is 168 Å². The second-order valence-corrected chi connectivity index (χ2v) is 6.82. The number of fused-ring (bicyclic) bond motifs is 1. The van der Waals surface area contributed by atoms with Gasteiger partial charge in [0.05, 0.1) is 13.0 Å². The number of imidazole rings is 1.